The van der Waals surface area contributed by atoms with E-state index in [1.54, 1.807) is 7.05 Å². The topological polar surface area (TPSA) is 62.4 Å². The summed E-state index contributed by atoms with van der Waals surface area (Å²) in [6.07, 6.45) is 0. The first-order valence-corrected chi connectivity index (χ1v) is 6.36. The van der Waals surface area contributed by atoms with Crippen LogP contribution in [0.1, 0.15) is 11.1 Å². The predicted molar refractivity (Wildman–Crippen MR) is 77.7 cm³/mol. The number of benzene rings is 1. The third kappa shape index (κ3) is 3.05. The highest BCUT2D eigenvalue weighted by molar-refractivity contribution is 5.80. The molecule has 0 aliphatic heterocycles. The van der Waals surface area contributed by atoms with Crippen LogP contribution in [0.4, 0.5) is 0 Å². The molecular formula is C15H18N2O3. The summed E-state index contributed by atoms with van der Waals surface area (Å²) < 4.78 is 4.80. The number of ether oxygens (including phenoxy) is 1. The van der Waals surface area contributed by atoms with Gasteiger partial charge in [0.15, 0.2) is 0 Å². The van der Waals surface area contributed by atoms with Crippen molar-refractivity contribution in [1.29, 1.82) is 0 Å². The first kappa shape index (κ1) is 14.3. The Morgan fingerprint density at radius 3 is 2.80 bits per heavy atom. The summed E-state index contributed by atoms with van der Waals surface area (Å²) in [5.41, 5.74) is 2.32. The Bertz CT molecular complexity index is 691. The van der Waals surface area contributed by atoms with Gasteiger partial charge in [-0.3, -0.25) is 9.59 Å². The molecule has 20 heavy (non-hydrogen) atoms. The van der Waals surface area contributed by atoms with E-state index in [-0.39, 0.29) is 24.6 Å². The van der Waals surface area contributed by atoms with E-state index in [4.69, 9.17) is 4.74 Å². The van der Waals surface area contributed by atoms with Gasteiger partial charge in [0.1, 0.15) is 6.61 Å². The third-order valence-electron chi connectivity index (χ3n) is 3.18. The van der Waals surface area contributed by atoms with Gasteiger partial charge in [0.05, 0.1) is 6.54 Å². The fourth-order valence-electron chi connectivity index (χ4n) is 2.07. The van der Waals surface area contributed by atoms with E-state index >= 15 is 0 Å². The van der Waals surface area contributed by atoms with Crippen molar-refractivity contribution in [3.63, 3.8) is 0 Å². The molecule has 0 saturated heterocycles. The van der Waals surface area contributed by atoms with Gasteiger partial charge in [0, 0.05) is 25.2 Å². The molecule has 1 aromatic carbocycles. The van der Waals surface area contributed by atoms with E-state index in [2.05, 4.69) is 4.98 Å². The highest BCUT2D eigenvalue weighted by Crippen LogP contribution is 2.13. The Hall–Kier alpha value is -2.14. The van der Waals surface area contributed by atoms with E-state index in [0.29, 0.717) is 5.56 Å². The molecule has 5 nitrogen and oxygen atoms in total. The molecule has 0 atom stereocenters. The Labute approximate surface area is 117 Å². The maximum Gasteiger partial charge on any atom is 0.253 e. The molecule has 0 bridgehead atoms. The normalized spacial score (nSPS) is 10.8. The standard InChI is InChI=1S/C15H18N2O3/c1-10-4-5-13-11(6-10)7-12(15(19)16-13)8-17(2)14(18)9-20-3/h4-7H,8-9H2,1-3H3,(H,16,19). The zero-order valence-electron chi connectivity index (χ0n) is 11.9. The number of carbonyl (C=O) groups excluding carboxylic acids is 1. The van der Waals surface area contributed by atoms with Crippen molar-refractivity contribution >= 4 is 16.8 Å². The Morgan fingerprint density at radius 1 is 1.35 bits per heavy atom. The highest BCUT2D eigenvalue weighted by Gasteiger charge is 2.11. The average molecular weight is 274 g/mol. The van der Waals surface area contributed by atoms with Crippen molar-refractivity contribution in [3.8, 4) is 0 Å². The lowest BCUT2D eigenvalue weighted by atomic mass is 10.1. The minimum Gasteiger partial charge on any atom is -0.375 e. The van der Waals surface area contributed by atoms with Gasteiger partial charge in [0.2, 0.25) is 5.91 Å². The van der Waals surface area contributed by atoms with Crippen LogP contribution in [0.3, 0.4) is 0 Å². The summed E-state index contributed by atoms with van der Waals surface area (Å²) in [6.45, 7) is 2.28. The second-order valence-corrected chi connectivity index (χ2v) is 4.90. The van der Waals surface area contributed by atoms with Gasteiger partial charge in [-0.05, 0) is 30.5 Å². The molecule has 1 aromatic heterocycles. The molecule has 1 amide bonds. The molecule has 0 fully saturated rings. The smallest absolute Gasteiger partial charge is 0.253 e. The third-order valence-corrected chi connectivity index (χ3v) is 3.18. The van der Waals surface area contributed by atoms with Gasteiger partial charge in [-0.2, -0.15) is 0 Å². The predicted octanol–water partition coefficient (Wildman–Crippen LogP) is 1.44. The van der Waals surface area contributed by atoms with E-state index in [0.717, 1.165) is 16.5 Å². The number of methoxy groups -OCH3 is 1. The summed E-state index contributed by atoms with van der Waals surface area (Å²) in [7, 11) is 3.12. The van der Waals surface area contributed by atoms with Crippen LogP contribution in [0.25, 0.3) is 10.9 Å². The number of aryl methyl sites for hydroxylation is 1. The van der Waals surface area contributed by atoms with Crippen molar-refractivity contribution in [1.82, 2.24) is 9.88 Å². The molecule has 0 aliphatic rings. The first-order valence-electron chi connectivity index (χ1n) is 6.36. The lowest BCUT2D eigenvalue weighted by Crippen LogP contribution is -2.31. The number of rotatable bonds is 4. The molecule has 0 aliphatic carbocycles. The summed E-state index contributed by atoms with van der Waals surface area (Å²) in [6, 6.07) is 7.67. The molecule has 1 N–H and O–H groups in total. The first-order chi connectivity index (χ1) is 9.51. The highest BCUT2D eigenvalue weighted by atomic mass is 16.5. The van der Waals surface area contributed by atoms with Gasteiger partial charge in [0.25, 0.3) is 5.56 Å². The number of carbonyl (C=O) groups is 1. The Kier molecular flexibility index (Phi) is 4.20. The fourth-order valence-corrected chi connectivity index (χ4v) is 2.07. The second kappa shape index (κ2) is 5.88. The number of aromatic nitrogens is 1. The molecule has 0 radical (unpaired) electrons. The Balaban J connectivity index is 2.32. The maximum atomic E-state index is 12.0. The fraction of sp³-hybridized carbons (Fsp3) is 0.333. The minimum atomic E-state index is -0.168. The lowest BCUT2D eigenvalue weighted by molar-refractivity contribution is -0.134. The maximum absolute atomic E-state index is 12.0. The number of H-pyrrole nitrogens is 1. The lowest BCUT2D eigenvalue weighted by Gasteiger charge is -2.16. The van der Waals surface area contributed by atoms with Crippen molar-refractivity contribution in [2.75, 3.05) is 20.8 Å². The van der Waals surface area contributed by atoms with Crippen LogP contribution in [0.2, 0.25) is 0 Å². The van der Waals surface area contributed by atoms with E-state index in [1.807, 2.05) is 31.2 Å². The molecule has 5 heteroatoms. The van der Waals surface area contributed by atoms with Gasteiger partial charge in [-0.25, -0.2) is 0 Å². The van der Waals surface area contributed by atoms with Gasteiger partial charge < -0.3 is 14.6 Å². The van der Waals surface area contributed by atoms with Crippen molar-refractivity contribution in [3.05, 3.63) is 45.7 Å². The minimum absolute atomic E-state index is 0.0150. The van der Waals surface area contributed by atoms with E-state index in [9.17, 15) is 9.59 Å². The molecule has 0 unspecified atom stereocenters. The van der Waals surface area contributed by atoms with Crippen LogP contribution >= 0.6 is 0 Å². The number of aromatic amines is 1. The summed E-state index contributed by atoms with van der Waals surface area (Å²) in [5, 5.41) is 0.965. The van der Waals surface area contributed by atoms with Crippen molar-refractivity contribution in [2.45, 2.75) is 13.5 Å². The van der Waals surface area contributed by atoms with E-state index < -0.39 is 0 Å². The van der Waals surface area contributed by atoms with Gasteiger partial charge in [-0.15, -0.1) is 0 Å². The molecule has 0 saturated carbocycles. The van der Waals surface area contributed by atoms with Crippen LogP contribution in [-0.2, 0) is 16.1 Å². The largest absolute Gasteiger partial charge is 0.375 e. The SMILES string of the molecule is COCC(=O)N(C)Cc1cc2cc(C)ccc2[nH]c1=O. The number of pyridine rings is 1. The number of fused-ring (bicyclic) bond motifs is 1. The number of hydrogen-bond acceptors (Lipinski definition) is 3. The van der Waals surface area contributed by atoms with Crippen LogP contribution < -0.4 is 5.56 Å². The number of amides is 1. The van der Waals surface area contributed by atoms with Gasteiger partial charge >= 0.3 is 0 Å². The number of nitrogens with one attached hydrogen (secondary N) is 1. The molecule has 1 heterocycles. The van der Waals surface area contributed by atoms with Gasteiger partial charge in [-0.1, -0.05) is 11.6 Å². The quantitative estimate of drug-likeness (QED) is 0.917. The summed E-state index contributed by atoms with van der Waals surface area (Å²) in [4.78, 5) is 28.0. The number of likely N-dealkylation sites (N-methyl/N-ethyl adjacent to an activating group) is 1. The van der Waals surface area contributed by atoms with Crippen LogP contribution in [0.15, 0.2) is 29.1 Å². The monoisotopic (exact) mass is 274 g/mol. The zero-order valence-corrected chi connectivity index (χ0v) is 11.9. The van der Waals surface area contributed by atoms with Crippen molar-refractivity contribution < 1.29 is 9.53 Å². The zero-order chi connectivity index (χ0) is 14.7. The van der Waals surface area contributed by atoms with Crippen LogP contribution in [-0.4, -0.2) is 36.6 Å². The second-order valence-electron chi connectivity index (χ2n) is 4.90. The van der Waals surface area contributed by atoms with Crippen LogP contribution in [0.5, 0.6) is 0 Å². The molecule has 0 spiro atoms. The number of nitrogens with zero attached hydrogens (tertiary/aromatic N) is 1. The summed E-state index contributed by atoms with van der Waals surface area (Å²) in [5.74, 6) is -0.156. The number of hydrogen-bond donors (Lipinski definition) is 1. The Morgan fingerprint density at radius 2 is 2.10 bits per heavy atom. The molecule has 106 valence electrons. The summed E-state index contributed by atoms with van der Waals surface area (Å²) >= 11 is 0. The van der Waals surface area contributed by atoms with Crippen molar-refractivity contribution in [2.24, 2.45) is 0 Å². The molecular weight excluding hydrogens is 256 g/mol. The average Bonchev–Trinajstić information content (AvgIpc) is 2.40. The molecule has 2 rings (SSSR count). The molecule has 2 aromatic rings. The van der Waals surface area contributed by atoms with Crippen LogP contribution in [0, 0.1) is 6.92 Å². The van der Waals surface area contributed by atoms with E-state index in [1.165, 1.54) is 12.0 Å².